The molecule has 5 nitrogen and oxygen atoms in total. The number of nitrogens with two attached hydrogens (primary N) is 1. The maximum Gasteiger partial charge on any atom is 0.325 e. The fourth-order valence-electron chi connectivity index (χ4n) is 1.65. The Morgan fingerprint density at radius 1 is 1.32 bits per heavy atom. The second kappa shape index (κ2) is 7.53. The van der Waals surface area contributed by atoms with Crippen LogP contribution in [0.2, 0.25) is 0 Å². The molecule has 0 bridgehead atoms. The minimum Gasteiger partial charge on any atom is -0.468 e. The monoisotopic (exact) mass is 264 g/mol. The summed E-state index contributed by atoms with van der Waals surface area (Å²) in [5, 5.41) is 0. The number of hydrogen-bond donors (Lipinski definition) is 1. The van der Waals surface area contributed by atoms with Crippen molar-refractivity contribution in [1.29, 1.82) is 0 Å². The Balaban J connectivity index is 2.80. The number of carbonyl (C=O) groups excluding carboxylic acids is 2. The van der Waals surface area contributed by atoms with Gasteiger partial charge < -0.3 is 15.4 Å². The van der Waals surface area contributed by atoms with Crippen molar-refractivity contribution in [1.82, 2.24) is 4.90 Å². The van der Waals surface area contributed by atoms with Crippen LogP contribution in [0.4, 0.5) is 0 Å². The molecule has 0 heterocycles. The third kappa shape index (κ3) is 4.71. The lowest BCUT2D eigenvalue weighted by atomic mass is 10.1. The zero-order valence-corrected chi connectivity index (χ0v) is 11.3. The standard InChI is InChI=1S/C14H20N2O3/c1-11(8-15)14(18)16(10-13(17)19-2)9-12-6-4-3-5-7-12/h3-7,11H,8-10,15H2,1-2H3. The highest BCUT2D eigenvalue weighted by Crippen LogP contribution is 2.08. The van der Waals surface area contributed by atoms with E-state index in [1.807, 2.05) is 30.3 Å². The zero-order valence-electron chi connectivity index (χ0n) is 11.3. The van der Waals surface area contributed by atoms with Crippen molar-refractivity contribution in [2.75, 3.05) is 20.2 Å². The van der Waals surface area contributed by atoms with Gasteiger partial charge in [0.1, 0.15) is 6.54 Å². The fraction of sp³-hybridized carbons (Fsp3) is 0.429. The summed E-state index contributed by atoms with van der Waals surface area (Å²) in [6.45, 7) is 2.32. The van der Waals surface area contributed by atoms with Crippen molar-refractivity contribution >= 4 is 11.9 Å². The van der Waals surface area contributed by atoms with E-state index < -0.39 is 5.97 Å². The summed E-state index contributed by atoms with van der Waals surface area (Å²) in [6.07, 6.45) is 0. The van der Waals surface area contributed by atoms with Crippen molar-refractivity contribution in [3.8, 4) is 0 Å². The maximum absolute atomic E-state index is 12.2. The number of hydrogen-bond acceptors (Lipinski definition) is 4. The molecule has 0 saturated heterocycles. The summed E-state index contributed by atoms with van der Waals surface area (Å²) >= 11 is 0. The molecule has 0 aliphatic heterocycles. The highest BCUT2D eigenvalue weighted by Gasteiger charge is 2.22. The van der Waals surface area contributed by atoms with Gasteiger partial charge in [-0.3, -0.25) is 9.59 Å². The first-order valence-electron chi connectivity index (χ1n) is 6.18. The SMILES string of the molecule is COC(=O)CN(Cc1ccccc1)C(=O)C(C)CN. The van der Waals surface area contributed by atoms with Crippen LogP contribution >= 0.6 is 0 Å². The second-order valence-corrected chi connectivity index (χ2v) is 4.39. The van der Waals surface area contributed by atoms with Crippen molar-refractivity contribution in [2.24, 2.45) is 11.7 Å². The van der Waals surface area contributed by atoms with Crippen LogP contribution in [0.5, 0.6) is 0 Å². The summed E-state index contributed by atoms with van der Waals surface area (Å²) in [6, 6.07) is 9.50. The molecule has 1 aromatic rings. The lowest BCUT2D eigenvalue weighted by molar-refractivity contribution is -0.148. The summed E-state index contributed by atoms with van der Waals surface area (Å²) in [7, 11) is 1.31. The van der Waals surface area contributed by atoms with E-state index in [9.17, 15) is 9.59 Å². The maximum atomic E-state index is 12.2. The van der Waals surface area contributed by atoms with Crippen molar-refractivity contribution in [2.45, 2.75) is 13.5 Å². The zero-order chi connectivity index (χ0) is 14.3. The fourth-order valence-corrected chi connectivity index (χ4v) is 1.65. The molecular weight excluding hydrogens is 244 g/mol. The van der Waals surface area contributed by atoms with E-state index in [2.05, 4.69) is 4.74 Å². The molecule has 1 aromatic carbocycles. The van der Waals surface area contributed by atoms with Gasteiger partial charge in [-0.2, -0.15) is 0 Å². The van der Waals surface area contributed by atoms with Gasteiger partial charge in [0.2, 0.25) is 5.91 Å². The first-order chi connectivity index (χ1) is 9.08. The number of amides is 1. The van der Waals surface area contributed by atoms with Crippen LogP contribution in [0.3, 0.4) is 0 Å². The molecule has 1 atom stereocenters. The molecule has 1 unspecified atom stereocenters. The molecule has 1 rings (SSSR count). The largest absolute Gasteiger partial charge is 0.468 e. The second-order valence-electron chi connectivity index (χ2n) is 4.39. The molecule has 0 spiro atoms. The van der Waals surface area contributed by atoms with Crippen molar-refractivity contribution < 1.29 is 14.3 Å². The number of benzene rings is 1. The highest BCUT2D eigenvalue weighted by atomic mass is 16.5. The van der Waals surface area contributed by atoms with E-state index in [1.54, 1.807) is 6.92 Å². The van der Waals surface area contributed by atoms with Crippen LogP contribution < -0.4 is 5.73 Å². The van der Waals surface area contributed by atoms with Crippen molar-refractivity contribution in [3.05, 3.63) is 35.9 Å². The molecule has 0 aromatic heterocycles. The Kier molecular flexibility index (Phi) is 6.02. The third-order valence-electron chi connectivity index (χ3n) is 2.85. The van der Waals surface area contributed by atoms with Gasteiger partial charge in [0.15, 0.2) is 0 Å². The summed E-state index contributed by atoms with van der Waals surface area (Å²) in [5.41, 5.74) is 6.47. The van der Waals surface area contributed by atoms with Gasteiger partial charge in [0, 0.05) is 19.0 Å². The molecule has 104 valence electrons. The first kappa shape index (κ1) is 15.2. The van der Waals surface area contributed by atoms with Gasteiger partial charge in [0.25, 0.3) is 0 Å². The van der Waals surface area contributed by atoms with Gasteiger partial charge in [0.05, 0.1) is 7.11 Å². The minimum atomic E-state index is -0.437. The predicted molar refractivity (Wildman–Crippen MR) is 72.1 cm³/mol. The van der Waals surface area contributed by atoms with Crippen LogP contribution in [-0.2, 0) is 20.9 Å². The summed E-state index contributed by atoms with van der Waals surface area (Å²) < 4.78 is 4.62. The lowest BCUT2D eigenvalue weighted by Crippen LogP contribution is -2.40. The number of ether oxygens (including phenoxy) is 1. The van der Waals surface area contributed by atoms with E-state index in [1.165, 1.54) is 12.0 Å². The smallest absolute Gasteiger partial charge is 0.325 e. The summed E-state index contributed by atoms with van der Waals surface area (Å²) in [5.74, 6) is -0.890. The van der Waals surface area contributed by atoms with Gasteiger partial charge in [-0.1, -0.05) is 37.3 Å². The molecular formula is C14H20N2O3. The number of rotatable bonds is 6. The lowest BCUT2D eigenvalue weighted by Gasteiger charge is -2.24. The molecule has 0 radical (unpaired) electrons. The Hall–Kier alpha value is -1.88. The quantitative estimate of drug-likeness (QED) is 0.771. The number of methoxy groups -OCH3 is 1. The van der Waals surface area contributed by atoms with E-state index in [4.69, 9.17) is 5.73 Å². The molecule has 0 aliphatic rings. The van der Waals surface area contributed by atoms with Gasteiger partial charge in [-0.15, -0.1) is 0 Å². The Morgan fingerprint density at radius 2 is 1.95 bits per heavy atom. The molecule has 0 fully saturated rings. The third-order valence-corrected chi connectivity index (χ3v) is 2.85. The van der Waals surface area contributed by atoms with E-state index in [0.717, 1.165) is 5.56 Å². The number of carbonyl (C=O) groups is 2. The van der Waals surface area contributed by atoms with E-state index in [0.29, 0.717) is 6.54 Å². The molecule has 0 aliphatic carbocycles. The topological polar surface area (TPSA) is 72.6 Å². The van der Waals surface area contributed by atoms with Gasteiger partial charge in [-0.25, -0.2) is 0 Å². The molecule has 5 heteroatoms. The van der Waals surface area contributed by atoms with Crippen LogP contribution in [0.15, 0.2) is 30.3 Å². The first-order valence-corrected chi connectivity index (χ1v) is 6.18. The van der Waals surface area contributed by atoms with Crippen LogP contribution in [0.25, 0.3) is 0 Å². The Bertz CT molecular complexity index is 420. The normalized spacial score (nSPS) is 11.7. The van der Waals surface area contributed by atoms with Gasteiger partial charge in [-0.05, 0) is 5.56 Å². The van der Waals surface area contributed by atoms with Gasteiger partial charge >= 0.3 is 5.97 Å². The van der Waals surface area contributed by atoms with E-state index in [-0.39, 0.29) is 24.9 Å². The molecule has 19 heavy (non-hydrogen) atoms. The van der Waals surface area contributed by atoms with Crippen LogP contribution in [0.1, 0.15) is 12.5 Å². The average Bonchev–Trinajstić information content (AvgIpc) is 2.45. The molecule has 0 saturated carbocycles. The highest BCUT2D eigenvalue weighted by molar-refractivity contribution is 5.83. The predicted octanol–water partition coefficient (Wildman–Crippen LogP) is 0.783. The molecule has 2 N–H and O–H groups in total. The van der Waals surface area contributed by atoms with Crippen molar-refractivity contribution in [3.63, 3.8) is 0 Å². The molecule has 1 amide bonds. The van der Waals surface area contributed by atoms with Crippen LogP contribution in [-0.4, -0.2) is 37.0 Å². The number of esters is 1. The minimum absolute atomic E-state index is 0.0609. The Morgan fingerprint density at radius 3 is 2.47 bits per heavy atom. The van der Waals surface area contributed by atoms with Crippen LogP contribution in [0, 0.1) is 5.92 Å². The summed E-state index contributed by atoms with van der Waals surface area (Å²) in [4.78, 5) is 25.0. The van der Waals surface area contributed by atoms with E-state index >= 15 is 0 Å². The number of nitrogens with zero attached hydrogens (tertiary/aromatic N) is 1. The Labute approximate surface area is 113 Å². The average molecular weight is 264 g/mol.